The molecule has 0 N–H and O–H groups in total. The van der Waals surface area contributed by atoms with Gasteiger partial charge in [0.1, 0.15) is 34.4 Å². The predicted octanol–water partition coefficient (Wildman–Crippen LogP) is 3.55. The van der Waals surface area contributed by atoms with Gasteiger partial charge in [-0.1, -0.05) is 24.3 Å². The standard InChI is InChI=1S/C22H22N2O4/c1-26-17-8-4-9-18(27-2)20(17)22(25)24-13-11-16(14-24)28-19-10-3-6-15-7-5-12-23-21(15)19/h3-10,12,16H,11,13-14H2,1-2H3. The Balaban J connectivity index is 1.52. The second-order valence-electron chi connectivity index (χ2n) is 6.65. The van der Waals surface area contributed by atoms with Crippen molar-refractivity contribution in [3.63, 3.8) is 0 Å². The molecule has 1 saturated heterocycles. The molecule has 0 bridgehead atoms. The van der Waals surface area contributed by atoms with Crippen molar-refractivity contribution in [3.8, 4) is 17.2 Å². The van der Waals surface area contributed by atoms with Gasteiger partial charge in [-0.15, -0.1) is 0 Å². The van der Waals surface area contributed by atoms with E-state index < -0.39 is 0 Å². The van der Waals surface area contributed by atoms with Gasteiger partial charge in [-0.3, -0.25) is 9.78 Å². The highest BCUT2D eigenvalue weighted by Gasteiger charge is 2.31. The van der Waals surface area contributed by atoms with E-state index in [0.29, 0.717) is 30.2 Å². The summed E-state index contributed by atoms with van der Waals surface area (Å²) in [6, 6.07) is 15.1. The lowest BCUT2D eigenvalue weighted by molar-refractivity contribution is 0.0766. The minimum atomic E-state index is -0.114. The molecule has 28 heavy (non-hydrogen) atoms. The van der Waals surface area contributed by atoms with E-state index in [2.05, 4.69) is 4.98 Å². The van der Waals surface area contributed by atoms with Crippen LogP contribution in [-0.2, 0) is 0 Å². The van der Waals surface area contributed by atoms with E-state index in [-0.39, 0.29) is 12.0 Å². The Kier molecular flexibility index (Phi) is 5.02. The summed E-state index contributed by atoms with van der Waals surface area (Å²) in [4.78, 5) is 19.3. The van der Waals surface area contributed by atoms with Crippen LogP contribution in [0.25, 0.3) is 10.9 Å². The minimum absolute atomic E-state index is 0.0859. The summed E-state index contributed by atoms with van der Waals surface area (Å²) in [5.41, 5.74) is 1.28. The lowest BCUT2D eigenvalue weighted by atomic mass is 10.1. The van der Waals surface area contributed by atoms with Crippen LogP contribution in [0.2, 0.25) is 0 Å². The zero-order chi connectivity index (χ0) is 19.5. The van der Waals surface area contributed by atoms with Crippen LogP contribution in [-0.4, -0.2) is 49.2 Å². The first-order valence-corrected chi connectivity index (χ1v) is 9.22. The zero-order valence-electron chi connectivity index (χ0n) is 15.9. The van der Waals surface area contributed by atoms with Crippen molar-refractivity contribution in [2.24, 2.45) is 0 Å². The number of hydrogen-bond acceptors (Lipinski definition) is 5. The molecule has 6 nitrogen and oxygen atoms in total. The third-order valence-corrected chi connectivity index (χ3v) is 4.96. The monoisotopic (exact) mass is 378 g/mol. The van der Waals surface area contributed by atoms with Crippen molar-refractivity contribution in [1.82, 2.24) is 9.88 Å². The summed E-state index contributed by atoms with van der Waals surface area (Å²) < 4.78 is 16.9. The molecule has 0 aliphatic carbocycles. The summed E-state index contributed by atoms with van der Waals surface area (Å²) in [5.74, 6) is 1.64. The number of ether oxygens (including phenoxy) is 3. The molecule has 1 amide bonds. The lowest BCUT2D eigenvalue weighted by Gasteiger charge is -2.20. The molecule has 1 atom stereocenters. The first-order valence-electron chi connectivity index (χ1n) is 9.22. The summed E-state index contributed by atoms with van der Waals surface area (Å²) in [5, 5.41) is 1.03. The minimum Gasteiger partial charge on any atom is -0.496 e. The fraction of sp³-hybridized carbons (Fsp3) is 0.273. The number of likely N-dealkylation sites (tertiary alicyclic amines) is 1. The number of carbonyl (C=O) groups excluding carboxylic acids is 1. The average Bonchev–Trinajstić information content (AvgIpc) is 3.21. The highest BCUT2D eigenvalue weighted by atomic mass is 16.5. The van der Waals surface area contributed by atoms with Crippen LogP contribution in [0.15, 0.2) is 54.7 Å². The number of para-hydroxylation sites is 1. The maximum atomic E-state index is 13.1. The molecule has 6 heteroatoms. The molecule has 2 heterocycles. The van der Waals surface area contributed by atoms with Gasteiger partial charge in [0.15, 0.2) is 0 Å². The van der Waals surface area contributed by atoms with E-state index in [1.165, 1.54) is 0 Å². The number of hydrogen-bond donors (Lipinski definition) is 0. The molecular weight excluding hydrogens is 356 g/mol. The van der Waals surface area contributed by atoms with Crippen LogP contribution in [0.5, 0.6) is 17.2 Å². The summed E-state index contributed by atoms with van der Waals surface area (Å²) >= 11 is 0. The number of methoxy groups -OCH3 is 2. The first-order chi connectivity index (χ1) is 13.7. The number of carbonyl (C=O) groups is 1. The van der Waals surface area contributed by atoms with Gasteiger partial charge in [-0.05, 0) is 24.3 Å². The number of nitrogens with zero attached hydrogens (tertiary/aromatic N) is 2. The summed E-state index contributed by atoms with van der Waals surface area (Å²) in [6.45, 7) is 1.12. The topological polar surface area (TPSA) is 60.9 Å². The van der Waals surface area contributed by atoms with Gasteiger partial charge in [0.05, 0.1) is 20.8 Å². The Morgan fingerprint density at radius 2 is 1.68 bits per heavy atom. The Hall–Kier alpha value is -3.28. The summed E-state index contributed by atoms with van der Waals surface area (Å²) in [6.07, 6.45) is 2.43. The number of fused-ring (bicyclic) bond motifs is 1. The SMILES string of the molecule is COc1cccc(OC)c1C(=O)N1CCC(Oc2cccc3cccnc23)C1. The second-order valence-corrected chi connectivity index (χ2v) is 6.65. The van der Waals surface area contributed by atoms with Crippen LogP contribution < -0.4 is 14.2 Å². The number of aromatic nitrogens is 1. The fourth-order valence-corrected chi connectivity index (χ4v) is 3.58. The van der Waals surface area contributed by atoms with E-state index in [9.17, 15) is 4.79 Å². The maximum Gasteiger partial charge on any atom is 0.261 e. The van der Waals surface area contributed by atoms with Gasteiger partial charge < -0.3 is 19.1 Å². The van der Waals surface area contributed by atoms with Crippen molar-refractivity contribution in [1.29, 1.82) is 0 Å². The van der Waals surface area contributed by atoms with Crippen LogP contribution in [0.3, 0.4) is 0 Å². The van der Waals surface area contributed by atoms with Gasteiger partial charge in [-0.25, -0.2) is 0 Å². The Morgan fingerprint density at radius 1 is 1.00 bits per heavy atom. The van der Waals surface area contributed by atoms with Crippen molar-refractivity contribution in [2.45, 2.75) is 12.5 Å². The predicted molar refractivity (Wildman–Crippen MR) is 106 cm³/mol. The zero-order valence-corrected chi connectivity index (χ0v) is 15.9. The van der Waals surface area contributed by atoms with E-state index in [1.54, 1.807) is 43.5 Å². The van der Waals surface area contributed by atoms with E-state index in [4.69, 9.17) is 14.2 Å². The Labute approximate surface area is 163 Å². The highest BCUT2D eigenvalue weighted by Crippen LogP contribution is 2.31. The molecule has 1 fully saturated rings. The summed E-state index contributed by atoms with van der Waals surface area (Å²) in [7, 11) is 3.10. The third kappa shape index (κ3) is 3.33. The van der Waals surface area contributed by atoms with Crippen LogP contribution in [0, 0.1) is 0 Å². The third-order valence-electron chi connectivity index (χ3n) is 4.96. The molecule has 1 unspecified atom stereocenters. The van der Waals surface area contributed by atoms with Gasteiger partial charge in [-0.2, -0.15) is 0 Å². The van der Waals surface area contributed by atoms with Crippen molar-refractivity contribution in [2.75, 3.05) is 27.3 Å². The molecule has 1 aliphatic heterocycles. The molecule has 0 spiro atoms. The highest BCUT2D eigenvalue weighted by molar-refractivity contribution is 6.00. The second kappa shape index (κ2) is 7.76. The molecule has 0 radical (unpaired) electrons. The average molecular weight is 378 g/mol. The van der Waals surface area contributed by atoms with E-state index in [1.807, 2.05) is 30.3 Å². The Morgan fingerprint density at radius 3 is 2.43 bits per heavy atom. The Bertz CT molecular complexity index is 977. The van der Waals surface area contributed by atoms with Gasteiger partial charge in [0, 0.05) is 24.5 Å². The van der Waals surface area contributed by atoms with E-state index >= 15 is 0 Å². The number of rotatable bonds is 5. The lowest BCUT2D eigenvalue weighted by Crippen LogP contribution is -2.31. The van der Waals surface area contributed by atoms with Crippen LogP contribution >= 0.6 is 0 Å². The molecule has 3 aromatic rings. The van der Waals surface area contributed by atoms with Crippen molar-refractivity contribution >= 4 is 16.8 Å². The number of benzene rings is 2. The molecular formula is C22H22N2O4. The van der Waals surface area contributed by atoms with Crippen LogP contribution in [0.1, 0.15) is 16.8 Å². The molecule has 0 saturated carbocycles. The fourth-order valence-electron chi connectivity index (χ4n) is 3.58. The van der Waals surface area contributed by atoms with Gasteiger partial charge in [0.2, 0.25) is 0 Å². The molecule has 4 rings (SSSR count). The smallest absolute Gasteiger partial charge is 0.261 e. The van der Waals surface area contributed by atoms with E-state index in [0.717, 1.165) is 23.1 Å². The number of pyridine rings is 1. The van der Waals surface area contributed by atoms with Crippen molar-refractivity contribution < 1.29 is 19.0 Å². The quantitative estimate of drug-likeness (QED) is 0.680. The largest absolute Gasteiger partial charge is 0.496 e. The molecule has 144 valence electrons. The van der Waals surface area contributed by atoms with Gasteiger partial charge in [0.25, 0.3) is 5.91 Å². The van der Waals surface area contributed by atoms with Gasteiger partial charge >= 0.3 is 0 Å². The normalized spacial score (nSPS) is 16.2. The van der Waals surface area contributed by atoms with Crippen LogP contribution in [0.4, 0.5) is 0 Å². The van der Waals surface area contributed by atoms with Crippen molar-refractivity contribution in [3.05, 3.63) is 60.3 Å². The molecule has 1 aliphatic rings. The first kappa shape index (κ1) is 18.1. The molecule has 1 aromatic heterocycles. The number of amides is 1. The molecule has 2 aromatic carbocycles. The maximum absolute atomic E-state index is 13.1.